The molecule has 1 N–H and O–H groups in total. The summed E-state index contributed by atoms with van der Waals surface area (Å²) in [6, 6.07) is 7.65. The molecule has 1 fully saturated rings. The van der Waals surface area contributed by atoms with Crippen LogP contribution in [-0.2, 0) is 0 Å². The van der Waals surface area contributed by atoms with Gasteiger partial charge in [0.25, 0.3) is 5.69 Å². The second kappa shape index (κ2) is 6.02. The van der Waals surface area contributed by atoms with Crippen LogP contribution in [-0.4, -0.2) is 28.9 Å². The summed E-state index contributed by atoms with van der Waals surface area (Å²) in [5.74, 6) is 0.0263. The minimum Gasteiger partial charge on any atom is -0.324 e. The van der Waals surface area contributed by atoms with Gasteiger partial charge in [0.05, 0.1) is 11.0 Å². The highest BCUT2D eigenvalue weighted by molar-refractivity contribution is 5.89. The third-order valence-electron chi connectivity index (χ3n) is 3.29. The summed E-state index contributed by atoms with van der Waals surface area (Å²) >= 11 is 0. The van der Waals surface area contributed by atoms with Crippen molar-refractivity contribution in [3.8, 4) is 6.07 Å². The number of likely N-dealkylation sites (tertiary alicyclic amines) is 1. The van der Waals surface area contributed by atoms with Crippen molar-refractivity contribution in [1.82, 2.24) is 4.90 Å². The minimum atomic E-state index is -0.488. The molecule has 1 saturated heterocycles. The minimum absolute atomic E-state index is 0.0159. The van der Waals surface area contributed by atoms with Crippen LogP contribution in [0.4, 0.5) is 16.2 Å². The number of carbonyl (C=O) groups is 1. The zero-order chi connectivity index (χ0) is 14.5. The van der Waals surface area contributed by atoms with Gasteiger partial charge in [0.15, 0.2) is 0 Å². The molecule has 0 saturated carbocycles. The van der Waals surface area contributed by atoms with Crippen molar-refractivity contribution >= 4 is 17.4 Å². The number of non-ortho nitro benzene ring substituents is 1. The highest BCUT2D eigenvalue weighted by atomic mass is 16.6. The van der Waals surface area contributed by atoms with Crippen molar-refractivity contribution < 1.29 is 9.72 Å². The van der Waals surface area contributed by atoms with Crippen molar-refractivity contribution in [3.05, 3.63) is 34.4 Å². The maximum Gasteiger partial charge on any atom is 0.321 e. The lowest BCUT2D eigenvalue weighted by Crippen LogP contribution is -2.40. The van der Waals surface area contributed by atoms with E-state index in [0.29, 0.717) is 31.6 Å². The van der Waals surface area contributed by atoms with Gasteiger partial charge in [-0.3, -0.25) is 10.1 Å². The number of nitro benzene ring substituents is 1. The van der Waals surface area contributed by atoms with E-state index in [0.717, 1.165) is 0 Å². The molecule has 1 aromatic rings. The monoisotopic (exact) mass is 274 g/mol. The van der Waals surface area contributed by atoms with Crippen LogP contribution in [0.5, 0.6) is 0 Å². The maximum absolute atomic E-state index is 12.0. The highest BCUT2D eigenvalue weighted by Crippen LogP contribution is 2.19. The Morgan fingerprint density at radius 2 is 1.95 bits per heavy atom. The van der Waals surface area contributed by atoms with Gasteiger partial charge in [0, 0.05) is 36.8 Å². The van der Waals surface area contributed by atoms with Crippen molar-refractivity contribution in [2.45, 2.75) is 12.8 Å². The van der Waals surface area contributed by atoms with E-state index in [-0.39, 0.29) is 17.6 Å². The number of benzene rings is 1. The topological polar surface area (TPSA) is 99.3 Å². The third kappa shape index (κ3) is 3.23. The molecular formula is C13H14N4O3. The molecule has 1 aliphatic heterocycles. The summed E-state index contributed by atoms with van der Waals surface area (Å²) in [6.45, 7) is 1.11. The maximum atomic E-state index is 12.0. The number of hydrogen-bond acceptors (Lipinski definition) is 4. The molecule has 0 atom stereocenters. The zero-order valence-electron chi connectivity index (χ0n) is 10.8. The fourth-order valence-corrected chi connectivity index (χ4v) is 2.08. The summed E-state index contributed by atoms with van der Waals surface area (Å²) in [7, 11) is 0. The fraction of sp³-hybridized carbons (Fsp3) is 0.385. The molecule has 0 unspecified atom stereocenters. The second-order valence-corrected chi connectivity index (χ2v) is 4.62. The van der Waals surface area contributed by atoms with Gasteiger partial charge < -0.3 is 10.2 Å². The largest absolute Gasteiger partial charge is 0.324 e. The Morgan fingerprint density at radius 3 is 2.45 bits per heavy atom. The molecule has 0 aliphatic carbocycles. The average molecular weight is 274 g/mol. The second-order valence-electron chi connectivity index (χ2n) is 4.62. The van der Waals surface area contributed by atoms with Crippen LogP contribution in [0, 0.1) is 27.4 Å². The van der Waals surface area contributed by atoms with E-state index >= 15 is 0 Å². The van der Waals surface area contributed by atoms with E-state index in [9.17, 15) is 14.9 Å². The first-order valence-electron chi connectivity index (χ1n) is 6.30. The van der Waals surface area contributed by atoms with Gasteiger partial charge in [-0.05, 0) is 25.0 Å². The smallest absolute Gasteiger partial charge is 0.321 e. The zero-order valence-corrected chi connectivity index (χ0v) is 10.8. The molecule has 7 heteroatoms. The number of piperidine rings is 1. The van der Waals surface area contributed by atoms with Gasteiger partial charge in [0.1, 0.15) is 0 Å². The standard InChI is InChI=1S/C13H14N4O3/c14-9-10-5-7-16(8-6-10)13(18)15-11-1-3-12(4-2-11)17(19)20/h1-4,10H,5-8H2,(H,15,18). The molecule has 0 bridgehead atoms. The van der Waals surface area contributed by atoms with Gasteiger partial charge in [-0.15, -0.1) is 0 Å². The van der Waals surface area contributed by atoms with Gasteiger partial charge >= 0.3 is 6.03 Å². The first-order valence-corrected chi connectivity index (χ1v) is 6.30. The molecule has 2 amide bonds. The molecule has 2 rings (SSSR count). The lowest BCUT2D eigenvalue weighted by molar-refractivity contribution is -0.384. The van der Waals surface area contributed by atoms with Crippen LogP contribution in [0.2, 0.25) is 0 Å². The third-order valence-corrected chi connectivity index (χ3v) is 3.29. The average Bonchev–Trinajstić information content (AvgIpc) is 2.48. The summed E-state index contributed by atoms with van der Waals surface area (Å²) in [5.41, 5.74) is 0.501. The first-order chi connectivity index (χ1) is 9.60. The summed E-state index contributed by atoms with van der Waals surface area (Å²) < 4.78 is 0. The molecule has 7 nitrogen and oxygen atoms in total. The number of nitrogens with zero attached hydrogens (tertiary/aromatic N) is 3. The highest BCUT2D eigenvalue weighted by Gasteiger charge is 2.22. The number of rotatable bonds is 2. The Bertz CT molecular complexity index is 542. The van der Waals surface area contributed by atoms with E-state index in [1.807, 2.05) is 0 Å². The SMILES string of the molecule is N#CC1CCN(C(=O)Nc2ccc([N+](=O)[O-])cc2)CC1. The molecule has 20 heavy (non-hydrogen) atoms. The molecule has 104 valence electrons. The van der Waals surface area contributed by atoms with Crippen molar-refractivity contribution in [2.24, 2.45) is 5.92 Å². The fourth-order valence-electron chi connectivity index (χ4n) is 2.08. The van der Waals surface area contributed by atoms with Crippen LogP contribution in [0.25, 0.3) is 0 Å². The van der Waals surface area contributed by atoms with E-state index in [1.54, 1.807) is 4.90 Å². The van der Waals surface area contributed by atoms with Crippen molar-refractivity contribution in [1.29, 1.82) is 5.26 Å². The van der Waals surface area contributed by atoms with Crippen LogP contribution in [0.15, 0.2) is 24.3 Å². The molecule has 1 aliphatic rings. The van der Waals surface area contributed by atoms with E-state index in [2.05, 4.69) is 11.4 Å². The van der Waals surface area contributed by atoms with Gasteiger partial charge in [-0.2, -0.15) is 5.26 Å². The Morgan fingerprint density at radius 1 is 1.35 bits per heavy atom. The summed E-state index contributed by atoms with van der Waals surface area (Å²) in [5, 5.41) is 22.0. The molecule has 1 aromatic carbocycles. The number of nitriles is 1. The lowest BCUT2D eigenvalue weighted by atomic mass is 9.99. The Labute approximate surface area is 115 Å². The summed E-state index contributed by atoms with van der Waals surface area (Å²) in [4.78, 5) is 23.7. The number of hydrogen-bond donors (Lipinski definition) is 1. The van der Waals surface area contributed by atoms with Crippen LogP contribution < -0.4 is 5.32 Å². The van der Waals surface area contributed by atoms with Crippen LogP contribution >= 0.6 is 0 Å². The number of urea groups is 1. The quantitative estimate of drug-likeness (QED) is 0.660. The normalized spacial score (nSPS) is 15.4. The number of anilines is 1. The number of carbonyl (C=O) groups excluding carboxylic acids is 1. The number of nitro groups is 1. The van der Waals surface area contributed by atoms with Crippen molar-refractivity contribution in [2.75, 3.05) is 18.4 Å². The predicted molar refractivity (Wildman–Crippen MR) is 72.0 cm³/mol. The molecule has 0 spiro atoms. The number of amides is 2. The molecular weight excluding hydrogens is 260 g/mol. The molecule has 1 heterocycles. The van der Waals surface area contributed by atoms with E-state index < -0.39 is 4.92 Å². The Hall–Kier alpha value is -2.62. The first kappa shape index (κ1) is 13.8. The van der Waals surface area contributed by atoms with E-state index in [4.69, 9.17) is 5.26 Å². The van der Waals surface area contributed by atoms with Gasteiger partial charge in [-0.25, -0.2) is 4.79 Å². The molecule has 0 aromatic heterocycles. The molecule has 0 radical (unpaired) electrons. The summed E-state index contributed by atoms with van der Waals surface area (Å²) in [6.07, 6.45) is 1.37. The lowest BCUT2D eigenvalue weighted by Gasteiger charge is -2.29. The van der Waals surface area contributed by atoms with Gasteiger partial charge in [0.2, 0.25) is 0 Å². The Balaban J connectivity index is 1.92. The number of nitrogens with one attached hydrogen (secondary N) is 1. The predicted octanol–water partition coefficient (Wildman–Crippen LogP) is 2.36. The van der Waals surface area contributed by atoms with Gasteiger partial charge in [-0.1, -0.05) is 0 Å². The van der Waals surface area contributed by atoms with E-state index in [1.165, 1.54) is 24.3 Å². The Kier molecular flexibility index (Phi) is 4.15. The van der Waals surface area contributed by atoms with Crippen LogP contribution in [0.1, 0.15) is 12.8 Å². The van der Waals surface area contributed by atoms with Crippen molar-refractivity contribution in [3.63, 3.8) is 0 Å². The van der Waals surface area contributed by atoms with Crippen LogP contribution in [0.3, 0.4) is 0 Å².